The van der Waals surface area contributed by atoms with Gasteiger partial charge in [0.1, 0.15) is 17.2 Å². The van der Waals surface area contributed by atoms with Gasteiger partial charge in [0.15, 0.2) is 0 Å². The first-order chi connectivity index (χ1) is 13.8. The molecule has 5 heteroatoms. The topological polar surface area (TPSA) is 42.7 Å². The number of nitrogens with one attached hydrogen (secondary N) is 1. The predicted octanol–water partition coefficient (Wildman–Crippen LogP) is 4.94. The molecule has 4 nitrogen and oxygen atoms in total. The van der Waals surface area contributed by atoms with Gasteiger partial charge in [0.05, 0.1) is 6.54 Å². The van der Waals surface area contributed by atoms with Crippen molar-refractivity contribution in [2.45, 2.75) is 57.7 Å². The van der Waals surface area contributed by atoms with Crippen molar-refractivity contribution in [2.24, 2.45) is 0 Å². The van der Waals surface area contributed by atoms with Gasteiger partial charge in [-0.1, -0.05) is 68.1 Å². The van der Waals surface area contributed by atoms with Crippen LogP contribution in [0.2, 0.25) is 0 Å². The maximum absolute atomic E-state index is 13.2. The van der Waals surface area contributed by atoms with Crippen LogP contribution in [0, 0.1) is 5.82 Å². The van der Waals surface area contributed by atoms with Gasteiger partial charge in [-0.25, -0.2) is 4.39 Å². The van der Waals surface area contributed by atoms with Crippen molar-refractivity contribution < 1.29 is 4.39 Å². The van der Waals surface area contributed by atoms with Crippen molar-refractivity contribution in [1.29, 1.82) is 0 Å². The molecule has 0 aliphatic heterocycles. The molecule has 28 heavy (non-hydrogen) atoms. The maximum atomic E-state index is 13.2. The lowest BCUT2D eigenvalue weighted by atomic mass is 10.1. The van der Waals surface area contributed by atoms with Crippen LogP contribution in [0.5, 0.6) is 0 Å². The molecule has 1 saturated carbocycles. The smallest absolute Gasteiger partial charge is 0.123 e. The van der Waals surface area contributed by atoms with Crippen LogP contribution in [0.4, 0.5) is 4.39 Å². The van der Waals surface area contributed by atoms with Crippen LogP contribution in [-0.2, 0) is 13.1 Å². The summed E-state index contributed by atoms with van der Waals surface area (Å²) < 4.78 is 13.2. The van der Waals surface area contributed by atoms with Crippen LogP contribution in [0.1, 0.15) is 49.8 Å². The number of aromatic nitrogens is 3. The first-order valence-corrected chi connectivity index (χ1v) is 10.3. The van der Waals surface area contributed by atoms with Gasteiger partial charge in [-0.3, -0.25) is 0 Å². The van der Waals surface area contributed by atoms with Crippen molar-refractivity contribution in [1.82, 2.24) is 20.3 Å². The van der Waals surface area contributed by atoms with Gasteiger partial charge in [-0.2, -0.15) is 15.0 Å². The summed E-state index contributed by atoms with van der Waals surface area (Å²) in [6.07, 6.45) is 7.79. The van der Waals surface area contributed by atoms with Crippen molar-refractivity contribution in [3.05, 3.63) is 71.7 Å². The molecule has 1 fully saturated rings. The minimum absolute atomic E-state index is 0.226. The zero-order valence-electron chi connectivity index (χ0n) is 16.1. The zero-order chi connectivity index (χ0) is 19.2. The standard InChI is InChI=1S/C23H27FN4/c24-20-14-12-18(13-15-20)17-28-26-22(16-25-21-10-6-1-2-7-11-21)23(27-28)19-8-4-3-5-9-19/h3-5,8-9,12-15,21,25H,1-2,6-7,10-11,16-17H2. The van der Waals surface area contributed by atoms with Crippen LogP contribution >= 0.6 is 0 Å². The van der Waals surface area contributed by atoms with E-state index in [2.05, 4.69) is 17.4 Å². The SMILES string of the molecule is Fc1ccc(Cn2nc(CNC3CCCCCC3)c(-c3ccccc3)n2)cc1. The number of hydrogen-bond acceptors (Lipinski definition) is 3. The molecule has 146 valence electrons. The van der Waals surface area contributed by atoms with Crippen molar-refractivity contribution in [3.63, 3.8) is 0 Å². The lowest BCUT2D eigenvalue weighted by Crippen LogP contribution is -2.28. The number of hydrogen-bond donors (Lipinski definition) is 1. The second-order valence-corrected chi connectivity index (χ2v) is 7.59. The molecule has 2 aromatic carbocycles. The Morgan fingerprint density at radius 3 is 2.32 bits per heavy atom. The molecular formula is C23H27FN4. The Balaban J connectivity index is 1.54. The third kappa shape index (κ3) is 4.84. The minimum Gasteiger partial charge on any atom is -0.308 e. The van der Waals surface area contributed by atoms with Crippen LogP contribution in [0.3, 0.4) is 0 Å². The lowest BCUT2D eigenvalue weighted by molar-refractivity contribution is 0.453. The van der Waals surface area contributed by atoms with E-state index in [-0.39, 0.29) is 5.82 Å². The first-order valence-electron chi connectivity index (χ1n) is 10.3. The Hall–Kier alpha value is -2.53. The van der Waals surface area contributed by atoms with Gasteiger partial charge in [-0.05, 0) is 30.5 Å². The Morgan fingerprint density at radius 2 is 1.61 bits per heavy atom. The van der Waals surface area contributed by atoms with E-state index >= 15 is 0 Å². The van der Waals surface area contributed by atoms with E-state index in [0.29, 0.717) is 12.6 Å². The third-order valence-electron chi connectivity index (χ3n) is 5.42. The Kier molecular flexibility index (Phi) is 6.12. The van der Waals surface area contributed by atoms with E-state index in [1.165, 1.54) is 50.7 Å². The summed E-state index contributed by atoms with van der Waals surface area (Å²) >= 11 is 0. The molecule has 1 N–H and O–H groups in total. The van der Waals surface area contributed by atoms with Crippen molar-refractivity contribution >= 4 is 0 Å². The van der Waals surface area contributed by atoms with Gasteiger partial charge >= 0.3 is 0 Å². The van der Waals surface area contributed by atoms with E-state index in [4.69, 9.17) is 10.2 Å². The number of nitrogens with zero attached hydrogens (tertiary/aromatic N) is 3. The molecule has 0 spiro atoms. The van der Waals surface area contributed by atoms with Crippen molar-refractivity contribution in [2.75, 3.05) is 0 Å². The van der Waals surface area contributed by atoms with Gasteiger partial charge in [0, 0.05) is 18.2 Å². The fourth-order valence-electron chi connectivity index (χ4n) is 3.87. The molecule has 1 aliphatic rings. The summed E-state index contributed by atoms with van der Waals surface area (Å²) in [7, 11) is 0. The highest BCUT2D eigenvalue weighted by molar-refractivity contribution is 5.60. The van der Waals surface area contributed by atoms with Gasteiger partial charge in [-0.15, -0.1) is 0 Å². The minimum atomic E-state index is -0.226. The molecule has 1 heterocycles. The van der Waals surface area contributed by atoms with Gasteiger partial charge in [0.25, 0.3) is 0 Å². The lowest BCUT2D eigenvalue weighted by Gasteiger charge is -2.15. The highest BCUT2D eigenvalue weighted by atomic mass is 19.1. The second-order valence-electron chi connectivity index (χ2n) is 7.59. The van der Waals surface area contributed by atoms with Gasteiger partial charge in [0.2, 0.25) is 0 Å². The fraction of sp³-hybridized carbons (Fsp3) is 0.391. The van der Waals surface area contributed by atoms with E-state index in [0.717, 1.165) is 29.1 Å². The summed E-state index contributed by atoms with van der Waals surface area (Å²) in [6, 6.07) is 17.3. The van der Waals surface area contributed by atoms with Crippen molar-refractivity contribution in [3.8, 4) is 11.3 Å². The largest absolute Gasteiger partial charge is 0.308 e. The quantitative estimate of drug-likeness (QED) is 0.618. The molecule has 0 unspecified atom stereocenters. The molecule has 0 amide bonds. The molecule has 4 rings (SSSR count). The Labute approximate surface area is 165 Å². The average molecular weight is 378 g/mol. The Morgan fingerprint density at radius 1 is 0.893 bits per heavy atom. The first kappa shape index (κ1) is 18.8. The van der Waals surface area contributed by atoms with E-state index in [1.54, 1.807) is 16.9 Å². The summed E-state index contributed by atoms with van der Waals surface area (Å²) in [6.45, 7) is 1.25. The summed E-state index contributed by atoms with van der Waals surface area (Å²) in [5.41, 5.74) is 3.95. The van der Waals surface area contributed by atoms with E-state index < -0.39 is 0 Å². The molecule has 1 aliphatic carbocycles. The van der Waals surface area contributed by atoms with E-state index in [9.17, 15) is 4.39 Å². The molecule has 3 aromatic rings. The van der Waals surface area contributed by atoms with Crippen LogP contribution in [0.15, 0.2) is 54.6 Å². The molecule has 0 radical (unpaired) electrons. The predicted molar refractivity (Wildman–Crippen MR) is 109 cm³/mol. The molecule has 0 saturated heterocycles. The molecule has 0 atom stereocenters. The highest BCUT2D eigenvalue weighted by Gasteiger charge is 2.16. The highest BCUT2D eigenvalue weighted by Crippen LogP contribution is 2.22. The van der Waals surface area contributed by atoms with Gasteiger partial charge < -0.3 is 5.32 Å². The summed E-state index contributed by atoms with van der Waals surface area (Å²) in [5, 5.41) is 13.2. The average Bonchev–Trinajstić information content (AvgIpc) is 2.94. The Bertz CT molecular complexity index is 865. The monoisotopic (exact) mass is 378 g/mol. The molecule has 0 bridgehead atoms. The molecule has 1 aromatic heterocycles. The second kappa shape index (κ2) is 9.11. The fourth-order valence-corrected chi connectivity index (χ4v) is 3.87. The maximum Gasteiger partial charge on any atom is 0.123 e. The van der Waals surface area contributed by atoms with Crippen LogP contribution < -0.4 is 5.32 Å². The number of halogens is 1. The van der Waals surface area contributed by atoms with E-state index in [1.807, 2.05) is 18.2 Å². The summed E-state index contributed by atoms with van der Waals surface area (Å²) in [4.78, 5) is 1.72. The number of benzene rings is 2. The number of rotatable bonds is 6. The van der Waals surface area contributed by atoms with Crippen LogP contribution in [0.25, 0.3) is 11.3 Å². The normalized spacial score (nSPS) is 15.5. The van der Waals surface area contributed by atoms with Crippen LogP contribution in [-0.4, -0.2) is 21.0 Å². The zero-order valence-corrected chi connectivity index (χ0v) is 16.1. The summed E-state index contributed by atoms with van der Waals surface area (Å²) in [5.74, 6) is -0.226. The molecular weight excluding hydrogens is 351 g/mol. The third-order valence-corrected chi connectivity index (χ3v) is 5.42.